The second-order valence-corrected chi connectivity index (χ2v) is 8.71. The summed E-state index contributed by atoms with van der Waals surface area (Å²) in [4.78, 5) is 11.7. The van der Waals surface area contributed by atoms with Crippen molar-refractivity contribution in [3.8, 4) is 5.75 Å². The molecule has 0 N–H and O–H groups in total. The van der Waals surface area contributed by atoms with Crippen LogP contribution in [0.3, 0.4) is 0 Å². The van der Waals surface area contributed by atoms with Crippen LogP contribution in [-0.4, -0.2) is 32.4 Å². The van der Waals surface area contributed by atoms with E-state index in [4.69, 9.17) is 14.2 Å². The van der Waals surface area contributed by atoms with Crippen molar-refractivity contribution in [2.24, 2.45) is 0 Å². The summed E-state index contributed by atoms with van der Waals surface area (Å²) in [5, 5.41) is 0. The normalized spacial score (nSPS) is 10.9. The number of unbranched alkanes of at least 4 members (excludes halogenated alkanes) is 11. The van der Waals surface area contributed by atoms with Gasteiger partial charge in [-0.15, -0.1) is 0 Å². The first-order chi connectivity index (χ1) is 15.8. The van der Waals surface area contributed by atoms with Crippen LogP contribution in [0.2, 0.25) is 0 Å². The molecule has 0 saturated heterocycles. The largest absolute Gasteiger partial charge is 0.491 e. The Bertz CT molecular complexity index is 541. The molecule has 0 saturated carbocycles. The fourth-order valence-electron chi connectivity index (χ4n) is 3.70. The van der Waals surface area contributed by atoms with Crippen molar-refractivity contribution in [1.82, 2.24) is 0 Å². The Morgan fingerprint density at radius 2 is 1.22 bits per heavy atom. The van der Waals surface area contributed by atoms with Crippen LogP contribution in [0.5, 0.6) is 5.75 Å². The molecule has 0 aromatic heterocycles. The number of carbonyl (C=O) groups excluding carboxylic acids is 1. The fourth-order valence-corrected chi connectivity index (χ4v) is 3.70. The maximum Gasteiger partial charge on any atom is 0.305 e. The molecule has 0 spiro atoms. The summed E-state index contributed by atoms with van der Waals surface area (Å²) in [5.41, 5.74) is 1.38. The van der Waals surface area contributed by atoms with Gasteiger partial charge in [-0.3, -0.25) is 4.79 Å². The number of aryl methyl sites for hydroxylation is 1. The van der Waals surface area contributed by atoms with Crippen LogP contribution in [0.4, 0.5) is 0 Å². The van der Waals surface area contributed by atoms with Gasteiger partial charge < -0.3 is 14.2 Å². The second-order valence-electron chi connectivity index (χ2n) is 8.71. The molecule has 0 amide bonds. The van der Waals surface area contributed by atoms with E-state index in [0.29, 0.717) is 32.8 Å². The fraction of sp³-hybridized carbons (Fsp3) is 0.750. The summed E-state index contributed by atoms with van der Waals surface area (Å²) in [6, 6.07) is 8.41. The van der Waals surface area contributed by atoms with Crippen molar-refractivity contribution in [2.75, 3.05) is 26.4 Å². The van der Waals surface area contributed by atoms with Gasteiger partial charge >= 0.3 is 5.97 Å². The van der Waals surface area contributed by atoms with Crippen molar-refractivity contribution in [2.45, 2.75) is 110 Å². The molecule has 0 heterocycles. The van der Waals surface area contributed by atoms with Crippen molar-refractivity contribution in [3.05, 3.63) is 29.8 Å². The molecule has 0 aliphatic heterocycles. The second kappa shape index (κ2) is 21.3. The Kier molecular flexibility index (Phi) is 19.0. The van der Waals surface area contributed by atoms with Crippen molar-refractivity contribution in [3.63, 3.8) is 0 Å². The van der Waals surface area contributed by atoms with Crippen molar-refractivity contribution >= 4 is 5.97 Å². The number of ether oxygens (including phenoxy) is 3. The van der Waals surface area contributed by atoms with Crippen LogP contribution in [-0.2, 0) is 20.7 Å². The first-order valence-corrected chi connectivity index (χ1v) is 13.2. The van der Waals surface area contributed by atoms with Gasteiger partial charge in [0, 0.05) is 6.42 Å². The van der Waals surface area contributed by atoms with E-state index in [0.717, 1.165) is 25.0 Å². The van der Waals surface area contributed by atoms with Gasteiger partial charge in [-0.05, 0) is 37.0 Å². The molecule has 0 radical (unpaired) electrons. The minimum atomic E-state index is -0.114. The summed E-state index contributed by atoms with van der Waals surface area (Å²) < 4.78 is 16.4. The van der Waals surface area contributed by atoms with E-state index < -0.39 is 0 Å². The maximum absolute atomic E-state index is 11.7. The molecular weight excluding hydrogens is 400 g/mol. The van der Waals surface area contributed by atoms with E-state index in [2.05, 4.69) is 26.0 Å². The number of hydrogen-bond donors (Lipinski definition) is 0. The molecule has 0 unspecified atom stereocenters. The maximum atomic E-state index is 11.7. The van der Waals surface area contributed by atoms with Crippen LogP contribution < -0.4 is 4.74 Å². The van der Waals surface area contributed by atoms with Crippen LogP contribution in [0, 0.1) is 0 Å². The highest BCUT2D eigenvalue weighted by Gasteiger charge is 2.03. The number of carbonyl (C=O) groups is 1. The Labute approximate surface area is 197 Å². The molecule has 0 atom stereocenters. The molecule has 184 valence electrons. The Balaban J connectivity index is 1.93. The highest BCUT2D eigenvalue weighted by molar-refractivity contribution is 5.69. The van der Waals surface area contributed by atoms with Crippen molar-refractivity contribution in [1.29, 1.82) is 0 Å². The first-order valence-electron chi connectivity index (χ1n) is 13.2. The van der Waals surface area contributed by atoms with E-state index in [-0.39, 0.29) is 5.97 Å². The minimum absolute atomic E-state index is 0.114. The Morgan fingerprint density at radius 1 is 0.656 bits per heavy atom. The first kappa shape index (κ1) is 28.5. The standard InChI is InChI=1S/C28H48O4/c1-3-5-7-9-11-12-14-16-26-18-20-27(21-19-26)31-24-22-30-23-25-32-28(29)17-15-13-10-8-6-4-2/h18-21H,3-17,22-25H2,1-2H3. The molecule has 4 heteroatoms. The average molecular weight is 449 g/mol. The number of esters is 1. The van der Waals surface area contributed by atoms with E-state index >= 15 is 0 Å². The lowest BCUT2D eigenvalue weighted by Gasteiger charge is -2.09. The monoisotopic (exact) mass is 448 g/mol. The molecule has 1 aromatic rings. The average Bonchev–Trinajstić information content (AvgIpc) is 2.81. The topological polar surface area (TPSA) is 44.8 Å². The summed E-state index contributed by atoms with van der Waals surface area (Å²) in [6.07, 6.45) is 18.1. The quantitative estimate of drug-likeness (QED) is 0.135. The zero-order chi connectivity index (χ0) is 23.1. The van der Waals surface area contributed by atoms with Gasteiger partial charge in [0.1, 0.15) is 19.0 Å². The lowest BCUT2D eigenvalue weighted by molar-refractivity contribution is -0.145. The summed E-state index contributed by atoms with van der Waals surface area (Å²) in [6.45, 7) is 6.21. The van der Waals surface area contributed by atoms with E-state index in [1.165, 1.54) is 76.2 Å². The molecule has 1 aromatic carbocycles. The van der Waals surface area contributed by atoms with Crippen LogP contribution >= 0.6 is 0 Å². The lowest BCUT2D eigenvalue weighted by Crippen LogP contribution is -2.13. The molecular formula is C28H48O4. The smallest absolute Gasteiger partial charge is 0.305 e. The van der Waals surface area contributed by atoms with Crippen LogP contribution in [0.1, 0.15) is 109 Å². The molecule has 0 fully saturated rings. The molecule has 4 nitrogen and oxygen atoms in total. The highest BCUT2D eigenvalue weighted by atomic mass is 16.6. The molecule has 1 rings (SSSR count). The Hall–Kier alpha value is -1.55. The number of hydrogen-bond acceptors (Lipinski definition) is 4. The van der Waals surface area contributed by atoms with E-state index in [1.807, 2.05) is 12.1 Å². The molecule has 0 aliphatic carbocycles. The predicted octanol–water partition coefficient (Wildman–Crippen LogP) is 7.67. The van der Waals surface area contributed by atoms with Gasteiger partial charge in [0.05, 0.1) is 13.2 Å². The third kappa shape index (κ3) is 17.1. The molecule has 0 bridgehead atoms. The minimum Gasteiger partial charge on any atom is -0.491 e. The highest BCUT2D eigenvalue weighted by Crippen LogP contribution is 2.15. The number of rotatable bonds is 22. The summed E-state index contributed by atoms with van der Waals surface area (Å²) >= 11 is 0. The van der Waals surface area contributed by atoms with Gasteiger partial charge in [-0.2, -0.15) is 0 Å². The van der Waals surface area contributed by atoms with Gasteiger partial charge in [0.2, 0.25) is 0 Å². The molecule has 0 aliphatic rings. The Morgan fingerprint density at radius 3 is 1.88 bits per heavy atom. The lowest BCUT2D eigenvalue weighted by atomic mass is 10.0. The summed E-state index contributed by atoms with van der Waals surface area (Å²) in [5.74, 6) is 0.763. The SMILES string of the molecule is CCCCCCCCCc1ccc(OCCOCCOC(=O)CCCCCCCC)cc1. The van der Waals surface area contributed by atoms with Gasteiger partial charge in [0.25, 0.3) is 0 Å². The van der Waals surface area contributed by atoms with Crippen LogP contribution in [0.25, 0.3) is 0 Å². The zero-order valence-corrected chi connectivity index (χ0v) is 20.9. The number of benzene rings is 1. The third-order valence-electron chi connectivity index (χ3n) is 5.71. The predicted molar refractivity (Wildman–Crippen MR) is 133 cm³/mol. The van der Waals surface area contributed by atoms with E-state index in [1.54, 1.807) is 0 Å². The van der Waals surface area contributed by atoms with Gasteiger partial charge in [0.15, 0.2) is 0 Å². The van der Waals surface area contributed by atoms with Crippen molar-refractivity contribution < 1.29 is 19.0 Å². The van der Waals surface area contributed by atoms with Crippen LogP contribution in [0.15, 0.2) is 24.3 Å². The molecule has 32 heavy (non-hydrogen) atoms. The van der Waals surface area contributed by atoms with Gasteiger partial charge in [-0.25, -0.2) is 0 Å². The summed E-state index contributed by atoms with van der Waals surface area (Å²) in [7, 11) is 0. The third-order valence-corrected chi connectivity index (χ3v) is 5.71. The zero-order valence-electron chi connectivity index (χ0n) is 20.9. The van der Waals surface area contributed by atoms with Gasteiger partial charge in [-0.1, -0.05) is 96.6 Å². The van der Waals surface area contributed by atoms with E-state index in [9.17, 15) is 4.79 Å².